The molecule has 5 nitrogen and oxygen atoms in total. The molecule has 134 valence electrons. The van der Waals surface area contributed by atoms with Crippen molar-refractivity contribution in [3.8, 4) is 5.75 Å². The maximum Gasteiger partial charge on any atom is 0.226 e. The number of carbonyl (C=O) groups is 1. The molecule has 0 bridgehead atoms. The summed E-state index contributed by atoms with van der Waals surface area (Å²) in [6, 6.07) is 14.5. The van der Waals surface area contributed by atoms with Crippen LogP contribution in [0.25, 0.3) is 10.8 Å². The first-order chi connectivity index (χ1) is 12.8. The normalized spacial score (nSPS) is 17.4. The molecule has 1 fully saturated rings. The average molecular weight is 349 g/mol. The first kappa shape index (κ1) is 16.6. The Hall–Kier alpha value is -2.82. The van der Waals surface area contributed by atoms with Crippen LogP contribution < -0.4 is 4.74 Å². The van der Waals surface area contributed by atoms with Gasteiger partial charge < -0.3 is 14.2 Å². The molecule has 0 aliphatic carbocycles. The second-order valence-corrected chi connectivity index (χ2v) is 6.72. The third-order valence-corrected chi connectivity index (χ3v) is 5.02. The zero-order valence-corrected chi connectivity index (χ0v) is 14.8. The van der Waals surface area contributed by atoms with Gasteiger partial charge in [-0.05, 0) is 24.3 Å². The Labute approximate surface area is 153 Å². The van der Waals surface area contributed by atoms with Gasteiger partial charge in [-0.2, -0.15) is 0 Å². The van der Waals surface area contributed by atoms with Gasteiger partial charge in [-0.25, -0.2) is 4.98 Å². The van der Waals surface area contributed by atoms with E-state index >= 15 is 0 Å². The molecule has 1 unspecified atom stereocenters. The van der Waals surface area contributed by atoms with Crippen molar-refractivity contribution in [2.45, 2.75) is 25.3 Å². The van der Waals surface area contributed by atoms with Crippen LogP contribution in [0.4, 0.5) is 0 Å². The van der Waals surface area contributed by atoms with Crippen LogP contribution in [-0.2, 0) is 4.79 Å². The minimum Gasteiger partial charge on any atom is -0.492 e. The molecule has 0 N–H and O–H groups in total. The van der Waals surface area contributed by atoms with Crippen molar-refractivity contribution in [3.05, 3.63) is 61.2 Å². The lowest BCUT2D eigenvalue weighted by Gasteiger charge is -2.33. The number of piperidine rings is 1. The number of rotatable bonds is 5. The van der Waals surface area contributed by atoms with Crippen LogP contribution in [0.1, 0.15) is 25.3 Å². The van der Waals surface area contributed by atoms with Gasteiger partial charge in [-0.3, -0.25) is 4.79 Å². The molecular weight excluding hydrogens is 326 g/mol. The van der Waals surface area contributed by atoms with Gasteiger partial charge in [0, 0.05) is 30.9 Å². The standard InChI is InChI=1S/C21H23N3O2/c25-21(23-12-4-7-18(15-23)24-13-11-22-16-24)10-14-26-20-9-3-6-17-5-1-2-8-19(17)20/h1-3,5-6,8-9,11,13,16,18H,4,7,10,12,14-15H2. The van der Waals surface area contributed by atoms with Crippen LogP contribution in [0.15, 0.2) is 61.2 Å². The highest BCUT2D eigenvalue weighted by Crippen LogP contribution is 2.25. The highest BCUT2D eigenvalue weighted by atomic mass is 16.5. The largest absolute Gasteiger partial charge is 0.492 e. The van der Waals surface area contributed by atoms with Crippen molar-refractivity contribution in [2.24, 2.45) is 0 Å². The maximum atomic E-state index is 12.6. The molecule has 1 aromatic heterocycles. The quantitative estimate of drug-likeness (QED) is 0.706. The smallest absolute Gasteiger partial charge is 0.226 e. The zero-order valence-electron chi connectivity index (χ0n) is 14.8. The molecule has 1 saturated heterocycles. The number of carbonyl (C=O) groups excluding carboxylic acids is 1. The molecule has 1 atom stereocenters. The van der Waals surface area contributed by atoms with E-state index in [1.54, 1.807) is 6.20 Å². The molecular formula is C21H23N3O2. The molecule has 1 aliphatic heterocycles. The van der Waals surface area contributed by atoms with Crippen LogP contribution in [-0.4, -0.2) is 40.1 Å². The number of hydrogen-bond donors (Lipinski definition) is 0. The summed E-state index contributed by atoms with van der Waals surface area (Å²) in [6.07, 6.45) is 8.12. The van der Waals surface area contributed by atoms with E-state index < -0.39 is 0 Å². The Bertz CT molecular complexity index is 871. The van der Waals surface area contributed by atoms with E-state index in [-0.39, 0.29) is 5.91 Å². The molecule has 2 aromatic carbocycles. The number of amides is 1. The summed E-state index contributed by atoms with van der Waals surface area (Å²) in [5.74, 6) is 1.00. The Balaban J connectivity index is 1.33. The fourth-order valence-electron chi connectivity index (χ4n) is 3.64. The van der Waals surface area contributed by atoms with Crippen molar-refractivity contribution < 1.29 is 9.53 Å². The van der Waals surface area contributed by atoms with E-state index in [1.165, 1.54) is 0 Å². The average Bonchev–Trinajstić information content (AvgIpc) is 3.23. The molecule has 0 saturated carbocycles. The summed E-state index contributed by atoms with van der Waals surface area (Å²) in [5.41, 5.74) is 0. The SMILES string of the molecule is O=C(CCOc1cccc2ccccc12)N1CCCC(n2ccnc2)C1. The summed E-state index contributed by atoms with van der Waals surface area (Å²) in [4.78, 5) is 18.7. The summed E-state index contributed by atoms with van der Waals surface area (Å²) in [6.45, 7) is 1.99. The number of hydrogen-bond acceptors (Lipinski definition) is 3. The number of ether oxygens (including phenoxy) is 1. The number of imidazole rings is 1. The lowest BCUT2D eigenvalue weighted by Crippen LogP contribution is -2.41. The van der Waals surface area contributed by atoms with Crippen LogP contribution in [0, 0.1) is 0 Å². The molecule has 1 amide bonds. The van der Waals surface area contributed by atoms with Crippen LogP contribution in [0.2, 0.25) is 0 Å². The van der Waals surface area contributed by atoms with Gasteiger partial charge in [0.2, 0.25) is 5.91 Å². The maximum absolute atomic E-state index is 12.6. The lowest BCUT2D eigenvalue weighted by atomic mass is 10.1. The summed E-state index contributed by atoms with van der Waals surface area (Å²) >= 11 is 0. The number of fused-ring (bicyclic) bond motifs is 1. The van der Waals surface area contributed by atoms with Gasteiger partial charge in [0.05, 0.1) is 25.4 Å². The van der Waals surface area contributed by atoms with Crippen LogP contribution in [0.3, 0.4) is 0 Å². The Morgan fingerprint density at radius 1 is 1.19 bits per heavy atom. The molecule has 0 radical (unpaired) electrons. The number of nitrogens with zero attached hydrogens (tertiary/aromatic N) is 3. The van der Waals surface area contributed by atoms with Gasteiger partial charge in [0.15, 0.2) is 0 Å². The minimum absolute atomic E-state index is 0.162. The molecule has 3 aromatic rings. The van der Waals surface area contributed by atoms with Crippen molar-refractivity contribution >= 4 is 16.7 Å². The van der Waals surface area contributed by atoms with Gasteiger partial charge >= 0.3 is 0 Å². The second kappa shape index (κ2) is 7.60. The number of benzene rings is 2. The van der Waals surface area contributed by atoms with E-state index in [0.29, 0.717) is 19.1 Å². The van der Waals surface area contributed by atoms with Crippen molar-refractivity contribution in [1.82, 2.24) is 14.5 Å². The molecule has 2 heterocycles. The Morgan fingerprint density at radius 3 is 2.96 bits per heavy atom. The van der Waals surface area contributed by atoms with E-state index in [2.05, 4.69) is 21.7 Å². The summed E-state index contributed by atoms with van der Waals surface area (Å²) < 4.78 is 8.02. The minimum atomic E-state index is 0.162. The predicted molar refractivity (Wildman–Crippen MR) is 101 cm³/mol. The van der Waals surface area contributed by atoms with E-state index in [1.807, 2.05) is 47.8 Å². The van der Waals surface area contributed by atoms with Crippen LogP contribution in [0.5, 0.6) is 5.75 Å². The van der Waals surface area contributed by atoms with E-state index in [4.69, 9.17) is 4.74 Å². The highest BCUT2D eigenvalue weighted by molar-refractivity contribution is 5.88. The summed E-state index contributed by atoms with van der Waals surface area (Å²) in [7, 11) is 0. The number of likely N-dealkylation sites (tertiary alicyclic amines) is 1. The van der Waals surface area contributed by atoms with Gasteiger partial charge in [-0.15, -0.1) is 0 Å². The summed E-state index contributed by atoms with van der Waals surface area (Å²) in [5, 5.41) is 2.23. The first-order valence-corrected chi connectivity index (χ1v) is 9.17. The third kappa shape index (κ3) is 3.57. The van der Waals surface area contributed by atoms with Crippen molar-refractivity contribution in [3.63, 3.8) is 0 Å². The monoisotopic (exact) mass is 349 g/mol. The molecule has 5 heteroatoms. The fourth-order valence-corrected chi connectivity index (χ4v) is 3.64. The Kier molecular flexibility index (Phi) is 4.86. The molecule has 4 rings (SSSR count). The second-order valence-electron chi connectivity index (χ2n) is 6.72. The number of aromatic nitrogens is 2. The van der Waals surface area contributed by atoms with Crippen molar-refractivity contribution in [2.75, 3.05) is 19.7 Å². The molecule has 26 heavy (non-hydrogen) atoms. The highest BCUT2D eigenvalue weighted by Gasteiger charge is 2.24. The Morgan fingerprint density at radius 2 is 2.08 bits per heavy atom. The van der Waals surface area contributed by atoms with Crippen LogP contribution >= 0.6 is 0 Å². The van der Waals surface area contributed by atoms with E-state index in [9.17, 15) is 4.79 Å². The first-order valence-electron chi connectivity index (χ1n) is 9.17. The fraction of sp³-hybridized carbons (Fsp3) is 0.333. The van der Waals surface area contributed by atoms with Gasteiger partial charge in [0.25, 0.3) is 0 Å². The van der Waals surface area contributed by atoms with E-state index in [0.717, 1.165) is 42.5 Å². The predicted octanol–water partition coefficient (Wildman–Crippen LogP) is 3.67. The lowest BCUT2D eigenvalue weighted by molar-refractivity contribution is -0.133. The molecule has 1 aliphatic rings. The third-order valence-electron chi connectivity index (χ3n) is 5.02. The van der Waals surface area contributed by atoms with Gasteiger partial charge in [0.1, 0.15) is 5.75 Å². The van der Waals surface area contributed by atoms with Gasteiger partial charge in [-0.1, -0.05) is 36.4 Å². The zero-order chi connectivity index (χ0) is 17.8. The van der Waals surface area contributed by atoms with Crippen molar-refractivity contribution in [1.29, 1.82) is 0 Å². The molecule has 0 spiro atoms. The topological polar surface area (TPSA) is 47.4 Å².